The molecule has 0 saturated carbocycles. The van der Waals surface area contributed by atoms with Crippen LogP contribution in [-0.4, -0.2) is 106 Å². The zero-order valence-electron chi connectivity index (χ0n) is 36.8. The summed E-state index contributed by atoms with van der Waals surface area (Å²) in [6.07, 6.45) is 4.87. The highest BCUT2D eigenvalue weighted by Crippen LogP contribution is 2.35. The zero-order chi connectivity index (χ0) is 44.6. The van der Waals surface area contributed by atoms with Crippen LogP contribution in [0.2, 0.25) is 0 Å². The molecule has 4 N–H and O–H groups in total. The Hall–Kier alpha value is -5.93. The lowest BCUT2D eigenvalue weighted by molar-refractivity contribution is -0.150. The van der Waals surface area contributed by atoms with Crippen LogP contribution in [0, 0.1) is 0 Å². The smallest absolute Gasteiger partial charge is 0.256 e. The number of aliphatic hydroxyl groups is 1. The number of unbranched alkanes of at least 4 members (excludes halogenated alkanes) is 2. The van der Waals surface area contributed by atoms with E-state index >= 15 is 0 Å². The minimum absolute atomic E-state index is 0.153. The van der Waals surface area contributed by atoms with Crippen molar-refractivity contribution in [3.8, 4) is 17.0 Å². The van der Waals surface area contributed by atoms with E-state index in [-0.39, 0.29) is 30.7 Å². The van der Waals surface area contributed by atoms with Crippen LogP contribution < -0.4 is 20.7 Å². The van der Waals surface area contributed by atoms with E-state index in [0.29, 0.717) is 43.2 Å². The zero-order valence-corrected chi connectivity index (χ0v) is 37.6. The number of piperidine rings is 1. The van der Waals surface area contributed by atoms with Gasteiger partial charge in [0.15, 0.2) is 5.82 Å². The maximum absolute atomic E-state index is 13.2. The van der Waals surface area contributed by atoms with Crippen LogP contribution in [0.3, 0.4) is 0 Å². The number of carbonyl (C=O) groups excluding carboxylic acids is 3. The number of thiophene rings is 1. The molecule has 3 aromatic carbocycles. The van der Waals surface area contributed by atoms with Crippen LogP contribution >= 0.6 is 11.3 Å². The second-order valence-electron chi connectivity index (χ2n) is 16.9. The molecule has 2 saturated heterocycles. The van der Waals surface area contributed by atoms with Crippen molar-refractivity contribution in [2.24, 2.45) is 5.73 Å². The van der Waals surface area contributed by atoms with E-state index in [4.69, 9.17) is 20.4 Å². The molecular weight excluding hydrogens is 825 g/mol. The van der Waals surface area contributed by atoms with Crippen LogP contribution in [0.15, 0.2) is 96.0 Å². The Bertz CT molecular complexity index is 2460. The molecule has 3 amide bonds. The van der Waals surface area contributed by atoms with Crippen molar-refractivity contribution in [1.29, 1.82) is 0 Å². The minimum atomic E-state index is -0.608. The van der Waals surface area contributed by atoms with Crippen molar-refractivity contribution in [2.75, 3.05) is 57.8 Å². The molecule has 334 valence electrons. The predicted molar refractivity (Wildman–Crippen MR) is 251 cm³/mol. The van der Waals surface area contributed by atoms with Crippen molar-refractivity contribution in [1.82, 2.24) is 30.0 Å². The molecule has 1 unspecified atom stereocenters. The number of fused-ring (bicyclic) bond motifs is 1. The van der Waals surface area contributed by atoms with E-state index < -0.39 is 6.04 Å². The molecule has 0 spiro atoms. The number of allylic oxidation sites excluding steroid dienone is 1. The molecule has 3 aliphatic rings. The lowest BCUT2D eigenvalue weighted by atomic mass is 10.0. The van der Waals surface area contributed by atoms with Gasteiger partial charge in [-0.1, -0.05) is 67.1 Å². The molecule has 3 aliphatic heterocycles. The third-order valence-corrected chi connectivity index (χ3v) is 13.5. The van der Waals surface area contributed by atoms with Gasteiger partial charge in [0, 0.05) is 98.0 Å². The van der Waals surface area contributed by atoms with Crippen LogP contribution in [0.1, 0.15) is 82.3 Å². The number of amides is 3. The number of benzene rings is 3. The normalized spacial score (nSPS) is 17.3. The van der Waals surface area contributed by atoms with Gasteiger partial charge in [-0.2, -0.15) is 0 Å². The standard InChI is InChI=1S/C50H58N8O5S/c1-34(51)47(37-12-6-3-7-13-37)48-53-42(29-45(54-48)57-24-22-56(23-25-57)26-27-59)38-14-9-11-35(28-38)10-5-4-8-21-52-30-36-15-17-39(18-16-36)63-32-44-40-31-58(49(61)41(40)33-64-44)43-19-20-46(60)55(2)50(43)62/h3,6-7,9,11-18,28-29,33,43,52,59H,4-5,8,10,19-27,30-32,51H2,1-2H3. The Labute approximate surface area is 379 Å². The second kappa shape index (κ2) is 20.7. The summed E-state index contributed by atoms with van der Waals surface area (Å²) in [4.78, 5) is 56.5. The highest BCUT2D eigenvalue weighted by Gasteiger charge is 2.42. The van der Waals surface area contributed by atoms with Gasteiger partial charge in [0.1, 0.15) is 24.2 Å². The maximum Gasteiger partial charge on any atom is 0.256 e. The number of nitrogens with two attached hydrogens (primary N) is 1. The van der Waals surface area contributed by atoms with E-state index in [9.17, 15) is 19.5 Å². The molecule has 5 aromatic rings. The fourth-order valence-electron chi connectivity index (χ4n) is 8.80. The Kier molecular flexibility index (Phi) is 14.5. The first kappa shape index (κ1) is 44.7. The molecule has 14 heteroatoms. The van der Waals surface area contributed by atoms with Crippen molar-refractivity contribution < 1.29 is 24.2 Å². The molecule has 0 radical (unpaired) electrons. The van der Waals surface area contributed by atoms with Gasteiger partial charge in [-0.25, -0.2) is 9.97 Å². The summed E-state index contributed by atoms with van der Waals surface area (Å²) in [6.45, 7) is 8.51. The molecule has 8 rings (SSSR count). The van der Waals surface area contributed by atoms with Gasteiger partial charge >= 0.3 is 0 Å². The van der Waals surface area contributed by atoms with Gasteiger partial charge in [0.25, 0.3) is 11.8 Å². The first-order chi connectivity index (χ1) is 31.2. The molecule has 2 fully saturated rings. The molecule has 1 atom stereocenters. The number of likely N-dealkylation sites (N-methyl/N-ethyl adjacent to an activating group) is 1. The van der Waals surface area contributed by atoms with Crippen molar-refractivity contribution in [3.63, 3.8) is 0 Å². The molecule has 5 heterocycles. The summed E-state index contributed by atoms with van der Waals surface area (Å²) in [7, 11) is 1.49. The van der Waals surface area contributed by atoms with Crippen LogP contribution in [0.5, 0.6) is 5.75 Å². The second-order valence-corrected chi connectivity index (χ2v) is 17.8. The van der Waals surface area contributed by atoms with Gasteiger partial charge in [0.2, 0.25) is 5.91 Å². The quantitative estimate of drug-likeness (QED) is 0.0676. The lowest BCUT2D eigenvalue weighted by Gasteiger charge is -2.35. The summed E-state index contributed by atoms with van der Waals surface area (Å²) in [5.74, 6) is 1.59. The number of nitrogens with one attached hydrogen (secondary N) is 1. The van der Waals surface area contributed by atoms with E-state index in [2.05, 4.69) is 57.6 Å². The number of β-amino-alcohol motifs (C(OH)–C–C–N with tert-alkyl or cyclic N) is 1. The molecule has 64 heavy (non-hydrogen) atoms. The summed E-state index contributed by atoms with van der Waals surface area (Å²) in [6, 6.07) is 28.4. The van der Waals surface area contributed by atoms with Crippen molar-refractivity contribution in [2.45, 2.75) is 71.2 Å². The Balaban J connectivity index is 0.804. The highest BCUT2D eigenvalue weighted by atomic mass is 32.1. The summed E-state index contributed by atoms with van der Waals surface area (Å²) in [5, 5.41) is 14.9. The number of aromatic nitrogens is 2. The average Bonchev–Trinajstić information content (AvgIpc) is 3.87. The number of ether oxygens (including phenoxy) is 1. The molecule has 2 aromatic heterocycles. The van der Waals surface area contributed by atoms with Gasteiger partial charge in [-0.05, 0) is 74.0 Å². The molecule has 13 nitrogen and oxygen atoms in total. The first-order valence-electron chi connectivity index (χ1n) is 22.4. The Morgan fingerprint density at radius 1 is 0.922 bits per heavy atom. The minimum Gasteiger partial charge on any atom is -0.488 e. The number of nitrogens with zero attached hydrogens (tertiary/aromatic N) is 6. The first-order valence-corrected chi connectivity index (χ1v) is 23.3. The number of aliphatic hydroxyl groups excluding tert-OH is 1. The van der Waals surface area contributed by atoms with Gasteiger partial charge in [0.05, 0.1) is 17.9 Å². The highest BCUT2D eigenvalue weighted by molar-refractivity contribution is 7.10. The third-order valence-electron chi connectivity index (χ3n) is 12.5. The number of aryl methyl sites for hydroxylation is 1. The van der Waals surface area contributed by atoms with Gasteiger partial charge in [-0.3, -0.25) is 24.2 Å². The Morgan fingerprint density at radius 2 is 1.72 bits per heavy atom. The number of anilines is 1. The monoisotopic (exact) mass is 882 g/mol. The van der Waals surface area contributed by atoms with Gasteiger partial charge < -0.3 is 30.7 Å². The molecular formula is C50H58N8O5S. The summed E-state index contributed by atoms with van der Waals surface area (Å²) >= 11 is 1.50. The van der Waals surface area contributed by atoms with Crippen LogP contribution in [0.4, 0.5) is 5.82 Å². The number of rotatable bonds is 18. The number of imide groups is 1. The van der Waals surface area contributed by atoms with E-state index in [0.717, 1.165) is 114 Å². The van der Waals surface area contributed by atoms with Crippen LogP contribution in [0.25, 0.3) is 16.8 Å². The van der Waals surface area contributed by atoms with E-state index in [1.165, 1.54) is 29.5 Å². The summed E-state index contributed by atoms with van der Waals surface area (Å²) in [5.41, 5.74) is 14.9. The molecule has 0 bridgehead atoms. The lowest BCUT2D eigenvalue weighted by Crippen LogP contribution is -2.53. The largest absolute Gasteiger partial charge is 0.488 e. The topological polar surface area (TPSA) is 157 Å². The van der Waals surface area contributed by atoms with Gasteiger partial charge in [-0.15, -0.1) is 11.3 Å². The summed E-state index contributed by atoms with van der Waals surface area (Å²) < 4.78 is 6.14. The number of likely N-dealkylation sites (tertiary alicyclic amines) is 1. The van der Waals surface area contributed by atoms with E-state index in [1.807, 2.05) is 54.8 Å². The average molecular weight is 883 g/mol. The fraction of sp³-hybridized carbons (Fsp3) is 0.380. The Morgan fingerprint density at radius 3 is 2.48 bits per heavy atom. The number of piperazine rings is 1. The van der Waals surface area contributed by atoms with Crippen molar-refractivity contribution >= 4 is 40.4 Å². The fourth-order valence-corrected chi connectivity index (χ4v) is 9.74. The number of carbonyl (C=O) groups is 3. The maximum atomic E-state index is 13.2. The number of hydrogen-bond acceptors (Lipinski definition) is 12. The molecule has 0 aliphatic carbocycles. The number of hydrogen-bond donors (Lipinski definition) is 3. The van der Waals surface area contributed by atoms with Crippen LogP contribution in [-0.2, 0) is 35.7 Å². The predicted octanol–water partition coefficient (Wildman–Crippen LogP) is 6.24. The SMILES string of the molecule is CC(N)=C(c1ccccc1)c1nc(-c2cccc(CCCCCNCc3ccc(OCc4scc5c4CN(C4CCC(=O)N(C)C4=O)C5=O)cc3)c2)cc(N2CCN(CCO)CC2)n1. The van der Waals surface area contributed by atoms with E-state index in [1.54, 1.807) is 4.90 Å². The third kappa shape index (κ3) is 10.4. The van der Waals surface area contributed by atoms with Crippen molar-refractivity contribution in [3.05, 3.63) is 135 Å².